The Hall–Kier alpha value is -3.49. The quantitative estimate of drug-likeness (QED) is 0.482. The number of ether oxygens (including phenoxy) is 1. The molecule has 0 radical (unpaired) electrons. The monoisotopic (exact) mass is 386 g/mol. The van der Waals surface area contributed by atoms with E-state index in [-0.39, 0.29) is 12.3 Å². The van der Waals surface area contributed by atoms with Crippen molar-refractivity contribution in [2.45, 2.75) is 19.7 Å². The van der Waals surface area contributed by atoms with Gasteiger partial charge in [0.25, 0.3) is 0 Å². The number of aromatic nitrogens is 3. The molecule has 3 rings (SSSR count). The summed E-state index contributed by atoms with van der Waals surface area (Å²) in [6, 6.07) is 12.3. The molecule has 0 aliphatic heterocycles. The summed E-state index contributed by atoms with van der Waals surface area (Å²) in [5.74, 6) is 1.38. The third kappa shape index (κ3) is 5.26. The SMILES string of the molecule is CN=C(NCc1ccnc(-n2cccn2)c1)NCc1ccccc1OC(F)F. The second-order valence-electron chi connectivity index (χ2n) is 5.74. The lowest BCUT2D eigenvalue weighted by Gasteiger charge is -2.14. The van der Waals surface area contributed by atoms with Gasteiger partial charge >= 0.3 is 6.61 Å². The highest BCUT2D eigenvalue weighted by atomic mass is 19.3. The van der Waals surface area contributed by atoms with Crippen LogP contribution in [0.1, 0.15) is 11.1 Å². The van der Waals surface area contributed by atoms with Crippen LogP contribution < -0.4 is 15.4 Å². The molecule has 1 aromatic carbocycles. The normalized spacial score (nSPS) is 11.5. The predicted octanol–water partition coefficient (Wildman–Crippen LogP) is 2.73. The van der Waals surface area contributed by atoms with Gasteiger partial charge in [-0.05, 0) is 29.8 Å². The molecular formula is C19H20F2N6O. The molecule has 146 valence electrons. The highest BCUT2D eigenvalue weighted by Crippen LogP contribution is 2.19. The summed E-state index contributed by atoms with van der Waals surface area (Å²) < 4.78 is 31.3. The lowest BCUT2D eigenvalue weighted by molar-refractivity contribution is -0.0504. The van der Waals surface area contributed by atoms with Crippen LogP contribution in [0, 0.1) is 0 Å². The third-order valence-electron chi connectivity index (χ3n) is 3.87. The van der Waals surface area contributed by atoms with Crippen LogP contribution in [0.3, 0.4) is 0 Å². The number of nitrogens with zero attached hydrogens (tertiary/aromatic N) is 4. The van der Waals surface area contributed by atoms with Gasteiger partial charge in [0.05, 0.1) is 0 Å². The minimum absolute atomic E-state index is 0.137. The van der Waals surface area contributed by atoms with Crippen molar-refractivity contribution < 1.29 is 13.5 Å². The Balaban J connectivity index is 1.58. The highest BCUT2D eigenvalue weighted by Gasteiger charge is 2.09. The van der Waals surface area contributed by atoms with E-state index in [4.69, 9.17) is 0 Å². The Morgan fingerprint density at radius 3 is 2.71 bits per heavy atom. The number of guanidine groups is 1. The van der Waals surface area contributed by atoms with Crippen LogP contribution in [0.2, 0.25) is 0 Å². The first-order chi connectivity index (χ1) is 13.7. The molecule has 0 bridgehead atoms. The van der Waals surface area contributed by atoms with Crippen molar-refractivity contribution in [1.82, 2.24) is 25.4 Å². The van der Waals surface area contributed by atoms with Crippen LogP contribution in [0.5, 0.6) is 5.75 Å². The molecule has 3 aromatic rings. The zero-order valence-electron chi connectivity index (χ0n) is 15.2. The number of halogens is 2. The molecule has 0 saturated carbocycles. The van der Waals surface area contributed by atoms with Gasteiger partial charge in [0.2, 0.25) is 0 Å². The summed E-state index contributed by atoms with van der Waals surface area (Å²) in [7, 11) is 1.64. The molecule has 2 heterocycles. The number of benzene rings is 1. The van der Waals surface area contributed by atoms with Crippen LogP contribution in [0.4, 0.5) is 8.78 Å². The fourth-order valence-electron chi connectivity index (χ4n) is 2.55. The minimum Gasteiger partial charge on any atom is -0.434 e. The van der Waals surface area contributed by atoms with E-state index in [1.54, 1.807) is 42.3 Å². The number of nitrogens with one attached hydrogen (secondary N) is 2. The Bertz CT molecular complexity index is 914. The van der Waals surface area contributed by atoms with Gasteiger partial charge in [-0.25, -0.2) is 9.67 Å². The summed E-state index contributed by atoms with van der Waals surface area (Å²) in [4.78, 5) is 8.44. The lowest BCUT2D eigenvalue weighted by Crippen LogP contribution is -2.36. The number of alkyl halides is 2. The number of hydrogen-bond acceptors (Lipinski definition) is 4. The number of rotatable bonds is 7. The average Bonchev–Trinajstić information content (AvgIpc) is 3.24. The van der Waals surface area contributed by atoms with Gasteiger partial charge in [-0.15, -0.1) is 0 Å². The lowest BCUT2D eigenvalue weighted by atomic mass is 10.2. The largest absolute Gasteiger partial charge is 0.434 e. The van der Waals surface area contributed by atoms with Crippen LogP contribution >= 0.6 is 0 Å². The van der Waals surface area contributed by atoms with Crippen molar-refractivity contribution in [3.63, 3.8) is 0 Å². The summed E-state index contributed by atoms with van der Waals surface area (Å²) in [5, 5.41) is 10.4. The second-order valence-corrected chi connectivity index (χ2v) is 5.74. The topological polar surface area (TPSA) is 76.4 Å². The Labute approximate surface area is 161 Å². The van der Waals surface area contributed by atoms with Gasteiger partial charge in [0.15, 0.2) is 11.8 Å². The van der Waals surface area contributed by atoms with Gasteiger partial charge in [0, 0.05) is 44.3 Å². The summed E-state index contributed by atoms with van der Waals surface area (Å²) in [6.45, 7) is -2.07. The molecular weight excluding hydrogens is 366 g/mol. The summed E-state index contributed by atoms with van der Waals surface area (Å²) in [5.41, 5.74) is 1.60. The zero-order valence-corrected chi connectivity index (χ0v) is 15.2. The van der Waals surface area contributed by atoms with Gasteiger partial charge in [-0.3, -0.25) is 4.99 Å². The Kier molecular flexibility index (Phi) is 6.50. The molecule has 2 N–H and O–H groups in total. The van der Waals surface area contributed by atoms with Gasteiger partial charge < -0.3 is 15.4 Å². The molecule has 0 saturated heterocycles. The van der Waals surface area contributed by atoms with E-state index in [0.717, 1.165) is 5.56 Å². The maximum Gasteiger partial charge on any atom is 0.387 e. The summed E-state index contributed by atoms with van der Waals surface area (Å²) in [6.07, 6.45) is 5.22. The molecule has 0 amide bonds. The number of para-hydroxylation sites is 1. The Morgan fingerprint density at radius 2 is 1.96 bits per heavy atom. The first-order valence-electron chi connectivity index (χ1n) is 8.58. The van der Waals surface area contributed by atoms with Crippen molar-refractivity contribution >= 4 is 5.96 Å². The number of pyridine rings is 1. The van der Waals surface area contributed by atoms with Crippen molar-refractivity contribution in [3.8, 4) is 11.6 Å². The van der Waals surface area contributed by atoms with Crippen molar-refractivity contribution in [3.05, 3.63) is 72.2 Å². The third-order valence-corrected chi connectivity index (χ3v) is 3.87. The fourth-order valence-corrected chi connectivity index (χ4v) is 2.55. The molecule has 0 spiro atoms. The molecule has 0 fully saturated rings. The maximum absolute atomic E-state index is 12.5. The van der Waals surface area contributed by atoms with Crippen LogP contribution in [0.25, 0.3) is 5.82 Å². The van der Waals surface area contributed by atoms with Gasteiger partial charge in [-0.2, -0.15) is 13.9 Å². The molecule has 9 heteroatoms. The fraction of sp³-hybridized carbons (Fsp3) is 0.211. The molecule has 0 atom stereocenters. The molecule has 28 heavy (non-hydrogen) atoms. The molecule has 0 unspecified atom stereocenters. The van der Waals surface area contributed by atoms with Crippen molar-refractivity contribution in [2.75, 3.05) is 7.05 Å². The maximum atomic E-state index is 12.5. The van der Waals surface area contributed by atoms with E-state index < -0.39 is 6.61 Å². The predicted molar refractivity (Wildman–Crippen MR) is 101 cm³/mol. The highest BCUT2D eigenvalue weighted by molar-refractivity contribution is 5.79. The zero-order chi connectivity index (χ0) is 19.8. The van der Waals surface area contributed by atoms with Gasteiger partial charge in [-0.1, -0.05) is 18.2 Å². The van der Waals surface area contributed by atoms with E-state index >= 15 is 0 Å². The van der Waals surface area contributed by atoms with Crippen LogP contribution in [-0.2, 0) is 13.1 Å². The summed E-state index contributed by atoms with van der Waals surface area (Å²) >= 11 is 0. The molecule has 0 aliphatic rings. The van der Waals surface area contributed by atoms with E-state index in [2.05, 4.69) is 30.4 Å². The first-order valence-corrected chi connectivity index (χ1v) is 8.58. The Morgan fingerprint density at radius 1 is 1.14 bits per heavy atom. The molecule has 7 nitrogen and oxygen atoms in total. The van der Waals surface area contributed by atoms with E-state index in [1.165, 1.54) is 6.07 Å². The first kappa shape index (κ1) is 19.3. The van der Waals surface area contributed by atoms with Crippen LogP contribution in [-0.4, -0.2) is 34.4 Å². The second kappa shape index (κ2) is 9.45. The molecule has 2 aromatic heterocycles. The smallest absolute Gasteiger partial charge is 0.387 e. The van der Waals surface area contributed by atoms with Crippen molar-refractivity contribution in [1.29, 1.82) is 0 Å². The number of aliphatic imine (C=N–C) groups is 1. The van der Waals surface area contributed by atoms with Gasteiger partial charge in [0.1, 0.15) is 5.75 Å². The average molecular weight is 386 g/mol. The van der Waals surface area contributed by atoms with Crippen molar-refractivity contribution in [2.24, 2.45) is 4.99 Å². The van der Waals surface area contributed by atoms with Crippen LogP contribution in [0.15, 0.2) is 66.0 Å². The van der Waals surface area contributed by atoms with E-state index in [0.29, 0.717) is 23.9 Å². The number of hydrogen-bond donors (Lipinski definition) is 2. The van der Waals surface area contributed by atoms with E-state index in [1.807, 2.05) is 24.4 Å². The minimum atomic E-state index is -2.87. The molecule has 0 aliphatic carbocycles. The van der Waals surface area contributed by atoms with E-state index in [9.17, 15) is 8.78 Å². The standard InChI is InChI=1S/C19H20F2N6O/c1-22-19(25-13-15-5-2-3-6-16(15)28-18(20)21)24-12-14-7-9-23-17(11-14)27-10-4-8-26-27/h2-11,18H,12-13H2,1H3,(H2,22,24,25).